The lowest BCUT2D eigenvalue weighted by Gasteiger charge is -2.25. The molecule has 1 N–H and O–H groups in total. The second kappa shape index (κ2) is 6.97. The summed E-state index contributed by atoms with van der Waals surface area (Å²) in [5.74, 6) is 1.02. The van der Waals surface area contributed by atoms with Crippen molar-refractivity contribution in [3.8, 4) is 0 Å². The summed E-state index contributed by atoms with van der Waals surface area (Å²) in [5.41, 5.74) is 3.24. The van der Waals surface area contributed by atoms with E-state index < -0.39 is 0 Å². The Hall–Kier alpha value is -1.51. The summed E-state index contributed by atoms with van der Waals surface area (Å²) >= 11 is 0. The molecule has 1 aliphatic rings. The third kappa shape index (κ3) is 3.78. The second-order valence-corrected chi connectivity index (χ2v) is 6.27. The van der Waals surface area contributed by atoms with E-state index in [2.05, 4.69) is 60.4 Å². The van der Waals surface area contributed by atoms with E-state index in [9.17, 15) is 0 Å². The molecule has 3 heteroatoms. The third-order valence-corrected chi connectivity index (χ3v) is 4.58. The molecule has 3 nitrogen and oxygen atoms in total. The predicted octanol–water partition coefficient (Wildman–Crippen LogP) is 3.33. The zero-order chi connectivity index (χ0) is 15.3. The molecule has 1 saturated carbocycles. The van der Waals surface area contributed by atoms with Crippen LogP contribution in [0.1, 0.15) is 43.7 Å². The Bertz CT molecular complexity index is 489. The van der Waals surface area contributed by atoms with Crippen molar-refractivity contribution in [2.24, 2.45) is 4.99 Å². The maximum absolute atomic E-state index is 4.42. The second-order valence-electron chi connectivity index (χ2n) is 6.27. The molecule has 1 aromatic rings. The summed E-state index contributed by atoms with van der Waals surface area (Å²) in [7, 11) is 4.00. The molecule has 0 unspecified atom stereocenters. The zero-order valence-electron chi connectivity index (χ0n) is 13.9. The Morgan fingerprint density at radius 1 is 1.33 bits per heavy atom. The quantitative estimate of drug-likeness (QED) is 0.642. The van der Waals surface area contributed by atoms with Crippen molar-refractivity contribution in [3.63, 3.8) is 0 Å². The number of unbranched alkanes of at least 4 members (excludes halogenated alkanes) is 1. The van der Waals surface area contributed by atoms with Crippen molar-refractivity contribution in [3.05, 3.63) is 35.4 Å². The summed E-state index contributed by atoms with van der Waals surface area (Å²) in [6.45, 7) is 6.49. The van der Waals surface area contributed by atoms with Gasteiger partial charge in [0.1, 0.15) is 0 Å². The standard InChI is InChI=1S/C18H29N3/c1-5-6-13-21(4)17(19-3)20-14-18(11-12-18)16-10-8-7-9-15(16)2/h7-10H,5-6,11-14H2,1-4H3,(H,19,20). The van der Waals surface area contributed by atoms with Gasteiger partial charge in [-0.1, -0.05) is 37.6 Å². The predicted molar refractivity (Wildman–Crippen MR) is 91.0 cm³/mol. The van der Waals surface area contributed by atoms with Crippen LogP contribution < -0.4 is 5.32 Å². The van der Waals surface area contributed by atoms with Crippen molar-refractivity contribution < 1.29 is 0 Å². The topological polar surface area (TPSA) is 27.6 Å². The van der Waals surface area contributed by atoms with Gasteiger partial charge in [0, 0.05) is 32.6 Å². The first-order chi connectivity index (χ1) is 10.1. The number of aliphatic imine (C=N–C) groups is 1. The molecule has 0 spiro atoms. The van der Waals surface area contributed by atoms with Gasteiger partial charge in [-0.15, -0.1) is 0 Å². The third-order valence-electron chi connectivity index (χ3n) is 4.58. The molecule has 0 bridgehead atoms. The van der Waals surface area contributed by atoms with E-state index in [-0.39, 0.29) is 0 Å². The highest BCUT2D eigenvalue weighted by atomic mass is 15.3. The van der Waals surface area contributed by atoms with Gasteiger partial charge in [0.15, 0.2) is 5.96 Å². The maximum atomic E-state index is 4.42. The molecule has 0 atom stereocenters. The molecule has 21 heavy (non-hydrogen) atoms. The summed E-state index contributed by atoms with van der Waals surface area (Å²) in [4.78, 5) is 6.65. The molecule has 0 amide bonds. The summed E-state index contributed by atoms with van der Waals surface area (Å²) < 4.78 is 0. The highest BCUT2D eigenvalue weighted by Crippen LogP contribution is 2.48. The number of nitrogens with zero attached hydrogens (tertiary/aromatic N) is 2. The lowest BCUT2D eigenvalue weighted by atomic mass is 9.92. The Labute approximate surface area is 129 Å². The van der Waals surface area contributed by atoms with Gasteiger partial charge in [0.25, 0.3) is 0 Å². The molecule has 1 aliphatic carbocycles. The van der Waals surface area contributed by atoms with Crippen LogP contribution in [0.2, 0.25) is 0 Å². The normalized spacial score (nSPS) is 16.7. The van der Waals surface area contributed by atoms with E-state index in [4.69, 9.17) is 0 Å². The van der Waals surface area contributed by atoms with Crippen molar-refractivity contribution in [2.75, 3.05) is 27.2 Å². The van der Waals surface area contributed by atoms with Crippen LogP contribution in [0.25, 0.3) is 0 Å². The van der Waals surface area contributed by atoms with Crippen LogP contribution >= 0.6 is 0 Å². The average molecular weight is 287 g/mol. The van der Waals surface area contributed by atoms with Crippen molar-refractivity contribution in [1.82, 2.24) is 10.2 Å². The van der Waals surface area contributed by atoms with Crippen LogP contribution in [0, 0.1) is 6.92 Å². The summed E-state index contributed by atoms with van der Waals surface area (Å²) in [6.07, 6.45) is 4.98. The molecule has 116 valence electrons. The van der Waals surface area contributed by atoms with Crippen LogP contribution in [-0.2, 0) is 5.41 Å². The molecule has 1 aromatic carbocycles. The van der Waals surface area contributed by atoms with Gasteiger partial charge in [0.2, 0.25) is 0 Å². The van der Waals surface area contributed by atoms with Gasteiger partial charge >= 0.3 is 0 Å². The van der Waals surface area contributed by atoms with Crippen LogP contribution in [0.15, 0.2) is 29.3 Å². The first kappa shape index (κ1) is 15.9. The number of benzene rings is 1. The van der Waals surface area contributed by atoms with Gasteiger partial charge in [-0.2, -0.15) is 0 Å². The monoisotopic (exact) mass is 287 g/mol. The van der Waals surface area contributed by atoms with Gasteiger partial charge in [-0.05, 0) is 37.3 Å². The Kier molecular flexibility index (Phi) is 5.27. The number of hydrogen-bond acceptors (Lipinski definition) is 1. The Morgan fingerprint density at radius 3 is 2.62 bits per heavy atom. The average Bonchev–Trinajstić information content (AvgIpc) is 3.27. The smallest absolute Gasteiger partial charge is 0.193 e. The minimum absolute atomic E-state index is 0.326. The van der Waals surface area contributed by atoms with Crippen LogP contribution in [0.3, 0.4) is 0 Å². The van der Waals surface area contributed by atoms with Crippen LogP contribution in [-0.4, -0.2) is 38.0 Å². The zero-order valence-corrected chi connectivity index (χ0v) is 13.9. The summed E-state index contributed by atoms with van der Waals surface area (Å²) in [6, 6.07) is 8.79. The van der Waals surface area contributed by atoms with Gasteiger partial charge in [-0.3, -0.25) is 4.99 Å². The fraction of sp³-hybridized carbons (Fsp3) is 0.611. The van der Waals surface area contributed by atoms with Gasteiger partial charge < -0.3 is 10.2 Å². The van der Waals surface area contributed by atoms with E-state index in [1.54, 1.807) is 0 Å². The van der Waals surface area contributed by atoms with Crippen LogP contribution in [0.4, 0.5) is 0 Å². The molecule has 2 rings (SSSR count). The van der Waals surface area contributed by atoms with Crippen molar-refractivity contribution >= 4 is 5.96 Å². The number of rotatable bonds is 6. The minimum Gasteiger partial charge on any atom is -0.355 e. The number of guanidine groups is 1. The minimum atomic E-state index is 0.326. The molecule has 1 fully saturated rings. The van der Waals surface area contributed by atoms with Crippen molar-refractivity contribution in [1.29, 1.82) is 0 Å². The van der Waals surface area contributed by atoms with Gasteiger partial charge in [0.05, 0.1) is 0 Å². The molecular weight excluding hydrogens is 258 g/mol. The molecule has 0 aliphatic heterocycles. The van der Waals surface area contributed by atoms with E-state index >= 15 is 0 Å². The highest BCUT2D eigenvalue weighted by Gasteiger charge is 2.44. The Morgan fingerprint density at radius 2 is 2.05 bits per heavy atom. The fourth-order valence-electron chi connectivity index (χ4n) is 2.99. The van der Waals surface area contributed by atoms with E-state index in [0.717, 1.165) is 19.0 Å². The fourth-order valence-corrected chi connectivity index (χ4v) is 2.99. The lowest BCUT2D eigenvalue weighted by molar-refractivity contribution is 0.459. The number of hydrogen-bond donors (Lipinski definition) is 1. The van der Waals surface area contributed by atoms with Gasteiger partial charge in [-0.25, -0.2) is 0 Å². The molecule has 0 aromatic heterocycles. The number of aryl methyl sites for hydroxylation is 1. The maximum Gasteiger partial charge on any atom is 0.193 e. The SMILES string of the molecule is CCCCN(C)C(=NC)NCC1(c2ccccc2C)CC1. The van der Waals surface area contributed by atoms with E-state index in [1.165, 1.54) is 36.8 Å². The first-order valence-corrected chi connectivity index (χ1v) is 8.11. The summed E-state index contributed by atoms with van der Waals surface area (Å²) in [5, 5.41) is 3.58. The van der Waals surface area contributed by atoms with Crippen LogP contribution in [0.5, 0.6) is 0 Å². The largest absolute Gasteiger partial charge is 0.355 e. The van der Waals surface area contributed by atoms with Crippen molar-refractivity contribution in [2.45, 2.75) is 44.9 Å². The molecule has 0 radical (unpaired) electrons. The molecular formula is C18H29N3. The highest BCUT2D eigenvalue weighted by molar-refractivity contribution is 5.79. The molecule has 0 saturated heterocycles. The number of nitrogens with one attached hydrogen (secondary N) is 1. The first-order valence-electron chi connectivity index (χ1n) is 8.11. The van der Waals surface area contributed by atoms with E-state index in [1.807, 2.05) is 7.05 Å². The van der Waals surface area contributed by atoms with E-state index in [0.29, 0.717) is 5.41 Å². The molecule has 0 heterocycles. The lowest BCUT2D eigenvalue weighted by Crippen LogP contribution is -2.42. The Balaban J connectivity index is 1.97.